The number of hydrogen-bond acceptors (Lipinski definition) is 13. The topological polar surface area (TPSA) is 173 Å². The molecular weight excluding hydrogens is 498 g/mol. The fourth-order valence-electron chi connectivity index (χ4n) is 3.07. The first-order valence-electron chi connectivity index (χ1n) is 8.83. The van der Waals surface area contributed by atoms with Crippen LogP contribution in [0.1, 0.15) is 5.69 Å². The minimum Gasteiger partial charge on any atom is -0.477 e. The molecule has 4 heterocycles. The number of oxime groups is 1. The number of β-lactam (4-membered cyclic amide) rings is 1. The Labute approximate surface area is 197 Å². The van der Waals surface area contributed by atoms with E-state index in [2.05, 4.69) is 25.7 Å². The fraction of sp³-hybridized carbons (Fsp3) is 0.312. The molecule has 1 fully saturated rings. The quantitative estimate of drug-likeness (QED) is 0.194. The van der Waals surface area contributed by atoms with Crippen molar-refractivity contribution in [3.05, 3.63) is 27.9 Å². The number of amides is 2. The van der Waals surface area contributed by atoms with E-state index in [1.54, 1.807) is 10.9 Å². The maximum Gasteiger partial charge on any atom is 0.352 e. The number of rotatable bonds is 8. The summed E-state index contributed by atoms with van der Waals surface area (Å²) in [6.45, 7) is 0. The van der Waals surface area contributed by atoms with Gasteiger partial charge in [0.15, 0.2) is 15.2 Å². The molecule has 2 aliphatic rings. The van der Waals surface area contributed by atoms with Gasteiger partial charge in [-0.15, -0.1) is 33.3 Å². The Morgan fingerprint density at radius 2 is 2.28 bits per heavy atom. The molecule has 1 unspecified atom stereocenters. The highest BCUT2D eigenvalue weighted by Crippen LogP contribution is 2.41. The molecule has 0 spiro atoms. The second-order valence-corrected chi connectivity index (χ2v) is 10.4. The number of carboxylic acid groups (broad SMARTS) is 1. The lowest BCUT2D eigenvalue weighted by molar-refractivity contribution is -0.150. The van der Waals surface area contributed by atoms with Crippen LogP contribution in [-0.4, -0.2) is 78.7 Å². The van der Waals surface area contributed by atoms with Crippen LogP contribution in [0.3, 0.4) is 0 Å². The summed E-state index contributed by atoms with van der Waals surface area (Å²) >= 11 is 5.22. The second-order valence-electron chi connectivity index (χ2n) is 6.31. The summed E-state index contributed by atoms with van der Waals surface area (Å²) in [5, 5.41) is 25.0. The Bertz CT molecular complexity index is 1120. The standard InChI is InChI=1S/C16H15N7O5S4/c1-28-22-8(7-4-30-15(17)19-7)11(24)20-9-12(25)23-10(14(26)27)6(2-29-13(9)23)3-31-16-21-18-5-32-16/h4-5,9,13H,2-3H2,1H3,(H2,17,19)(H,20,24)(H,26,27)/b22-8+/t9?,13-/m1/s1. The summed E-state index contributed by atoms with van der Waals surface area (Å²) in [5.41, 5.74) is 7.85. The summed E-state index contributed by atoms with van der Waals surface area (Å²) in [6, 6.07) is -0.905. The third-order valence-corrected chi connectivity index (χ3v) is 8.37. The van der Waals surface area contributed by atoms with Crippen molar-refractivity contribution in [2.75, 3.05) is 24.3 Å². The van der Waals surface area contributed by atoms with Gasteiger partial charge in [0.05, 0.1) is 0 Å². The average Bonchev–Trinajstić information content (AvgIpc) is 3.45. The number of anilines is 1. The Morgan fingerprint density at radius 1 is 1.47 bits per heavy atom. The molecular formula is C16H15N7O5S4. The zero-order valence-electron chi connectivity index (χ0n) is 16.3. The van der Waals surface area contributed by atoms with E-state index in [0.29, 0.717) is 21.4 Å². The highest BCUT2D eigenvalue weighted by Gasteiger charge is 2.54. The summed E-state index contributed by atoms with van der Waals surface area (Å²) in [7, 11) is 1.28. The van der Waals surface area contributed by atoms with Crippen molar-refractivity contribution in [2.24, 2.45) is 5.16 Å². The molecule has 1 saturated heterocycles. The monoisotopic (exact) mass is 513 g/mol. The van der Waals surface area contributed by atoms with Gasteiger partial charge in [-0.3, -0.25) is 14.5 Å². The number of nitrogens with two attached hydrogens (primary N) is 1. The van der Waals surface area contributed by atoms with Gasteiger partial charge in [0.2, 0.25) is 0 Å². The molecule has 0 saturated carbocycles. The van der Waals surface area contributed by atoms with Crippen molar-refractivity contribution < 1.29 is 24.3 Å². The minimum absolute atomic E-state index is 0.0562. The van der Waals surface area contributed by atoms with Gasteiger partial charge < -0.3 is 21.0 Å². The van der Waals surface area contributed by atoms with Gasteiger partial charge in [-0.1, -0.05) is 28.3 Å². The van der Waals surface area contributed by atoms with Crippen LogP contribution in [0.5, 0.6) is 0 Å². The van der Waals surface area contributed by atoms with Crippen molar-refractivity contribution in [2.45, 2.75) is 15.8 Å². The molecule has 12 nitrogen and oxygen atoms in total. The molecule has 2 aliphatic heterocycles. The molecule has 0 aliphatic carbocycles. The van der Waals surface area contributed by atoms with Crippen LogP contribution in [0.2, 0.25) is 0 Å². The highest BCUT2D eigenvalue weighted by molar-refractivity contribution is 8.01. The average molecular weight is 514 g/mol. The van der Waals surface area contributed by atoms with Crippen molar-refractivity contribution >= 4 is 74.8 Å². The van der Waals surface area contributed by atoms with E-state index in [0.717, 1.165) is 11.3 Å². The van der Waals surface area contributed by atoms with Gasteiger partial charge in [-0.2, -0.15) is 0 Å². The Kier molecular flexibility index (Phi) is 6.63. The predicted octanol–water partition coefficient (Wildman–Crippen LogP) is 0.458. The van der Waals surface area contributed by atoms with Crippen molar-refractivity contribution in [1.82, 2.24) is 25.4 Å². The molecule has 0 bridgehead atoms. The molecule has 2 amide bonds. The van der Waals surface area contributed by atoms with Crippen LogP contribution in [0, 0.1) is 0 Å². The number of nitrogen functional groups attached to an aromatic ring is 1. The third kappa shape index (κ3) is 4.30. The van der Waals surface area contributed by atoms with Crippen LogP contribution >= 0.6 is 46.2 Å². The van der Waals surface area contributed by atoms with E-state index in [-0.39, 0.29) is 22.2 Å². The smallest absolute Gasteiger partial charge is 0.352 e. The number of nitrogens with zero attached hydrogens (tertiary/aromatic N) is 5. The molecule has 2 aromatic rings. The van der Waals surface area contributed by atoms with Crippen LogP contribution in [0.25, 0.3) is 0 Å². The number of carboxylic acids is 1. The molecule has 4 N–H and O–H groups in total. The molecule has 0 aromatic carbocycles. The van der Waals surface area contributed by atoms with Crippen LogP contribution in [0.4, 0.5) is 5.13 Å². The third-order valence-electron chi connectivity index (χ3n) is 4.41. The zero-order valence-corrected chi connectivity index (χ0v) is 19.5. The Balaban J connectivity index is 1.49. The number of fused-ring (bicyclic) bond motifs is 1. The lowest BCUT2D eigenvalue weighted by Crippen LogP contribution is -2.71. The summed E-state index contributed by atoms with van der Waals surface area (Å²) in [6.07, 6.45) is 0. The van der Waals surface area contributed by atoms with Gasteiger partial charge in [-0.05, 0) is 5.57 Å². The van der Waals surface area contributed by atoms with Crippen LogP contribution in [-0.2, 0) is 19.2 Å². The molecule has 16 heteroatoms. The highest BCUT2D eigenvalue weighted by atomic mass is 32.2. The fourth-order valence-corrected chi connectivity index (χ4v) is 6.59. The summed E-state index contributed by atoms with van der Waals surface area (Å²) in [4.78, 5) is 47.5. The molecule has 4 rings (SSSR count). The molecule has 0 radical (unpaired) electrons. The van der Waals surface area contributed by atoms with Crippen molar-refractivity contribution in [1.29, 1.82) is 0 Å². The van der Waals surface area contributed by atoms with Gasteiger partial charge >= 0.3 is 5.97 Å². The van der Waals surface area contributed by atoms with E-state index in [1.165, 1.54) is 46.9 Å². The molecule has 2 aromatic heterocycles. The van der Waals surface area contributed by atoms with Crippen molar-refractivity contribution in [3.8, 4) is 0 Å². The number of hydrogen-bond donors (Lipinski definition) is 3. The predicted molar refractivity (Wildman–Crippen MR) is 120 cm³/mol. The van der Waals surface area contributed by atoms with E-state index >= 15 is 0 Å². The number of thiazole rings is 1. The largest absolute Gasteiger partial charge is 0.477 e. The number of aromatic nitrogens is 3. The Morgan fingerprint density at radius 3 is 2.91 bits per heavy atom. The molecule has 168 valence electrons. The van der Waals surface area contributed by atoms with Crippen molar-refractivity contribution in [3.63, 3.8) is 0 Å². The lowest BCUT2D eigenvalue weighted by Gasteiger charge is -2.49. The normalized spacial score (nSPS) is 20.6. The first-order chi connectivity index (χ1) is 15.4. The minimum atomic E-state index is -1.19. The van der Waals surface area contributed by atoms with E-state index in [9.17, 15) is 19.5 Å². The number of nitrogens with one attached hydrogen (secondary N) is 1. The first kappa shape index (κ1) is 22.5. The van der Waals surface area contributed by atoms with E-state index in [4.69, 9.17) is 10.6 Å². The SMILES string of the molecule is CO/N=C(/C(=O)NC1C(=O)N2C(C(=O)O)=C(CSc3nncs3)CS[C@H]12)c1csc(N)n1. The van der Waals surface area contributed by atoms with Gasteiger partial charge in [-0.25, -0.2) is 9.78 Å². The second kappa shape index (κ2) is 9.43. The Hall–Kier alpha value is -2.69. The number of thioether (sulfide) groups is 2. The first-order valence-corrected chi connectivity index (χ1v) is 12.6. The van der Waals surface area contributed by atoms with Gasteiger partial charge in [0.1, 0.15) is 35.4 Å². The number of carbonyl (C=O) groups excluding carboxylic acids is 2. The maximum atomic E-state index is 12.8. The summed E-state index contributed by atoms with van der Waals surface area (Å²) < 4.78 is 0.710. The maximum absolute atomic E-state index is 12.8. The van der Waals surface area contributed by atoms with E-state index < -0.39 is 29.2 Å². The van der Waals surface area contributed by atoms with Crippen LogP contribution in [0.15, 0.2) is 31.7 Å². The molecule has 2 atom stereocenters. The number of carbonyl (C=O) groups is 3. The van der Waals surface area contributed by atoms with Gasteiger partial charge in [0.25, 0.3) is 11.8 Å². The van der Waals surface area contributed by atoms with Gasteiger partial charge in [0, 0.05) is 16.9 Å². The zero-order chi connectivity index (χ0) is 22.8. The summed E-state index contributed by atoms with van der Waals surface area (Å²) in [5.74, 6) is -1.61. The van der Waals surface area contributed by atoms with E-state index in [1.807, 2.05) is 0 Å². The number of aliphatic carboxylic acids is 1. The van der Waals surface area contributed by atoms with Crippen LogP contribution < -0.4 is 11.1 Å². The molecule has 32 heavy (non-hydrogen) atoms. The lowest BCUT2D eigenvalue weighted by atomic mass is 10.0.